The Bertz CT molecular complexity index is 1020. The molecule has 0 unspecified atom stereocenters. The molecule has 0 saturated carbocycles. The smallest absolute Gasteiger partial charge is 0.119 e. The third-order valence-corrected chi connectivity index (χ3v) is 4.72. The first kappa shape index (κ1) is 16.6. The van der Waals surface area contributed by atoms with Gasteiger partial charge in [0, 0.05) is 13.1 Å². The Morgan fingerprint density at radius 2 is 1.85 bits per heavy atom. The Balaban J connectivity index is 1.30. The number of nitrogens with one attached hydrogen (secondary N) is 1. The van der Waals surface area contributed by atoms with Crippen molar-refractivity contribution in [3.8, 4) is 5.75 Å². The van der Waals surface area contributed by atoms with Gasteiger partial charge >= 0.3 is 0 Å². The number of nitrogens with zero attached hydrogens (tertiary/aromatic N) is 2. The second-order valence-corrected chi connectivity index (χ2v) is 6.50. The standard InChI is InChI=1S/C22H23N3O/c1-26-20-10-9-18-13-17(7-8-19(18)14-20)15-23-11-4-12-25-16-24-21-5-2-3-6-22(21)25/h2-3,5-10,13-14,16,23H,4,11-12,15H2,1H3. The summed E-state index contributed by atoms with van der Waals surface area (Å²) in [6, 6.07) is 21.0. The highest BCUT2D eigenvalue weighted by molar-refractivity contribution is 5.84. The maximum atomic E-state index is 5.28. The highest BCUT2D eigenvalue weighted by atomic mass is 16.5. The number of methoxy groups -OCH3 is 1. The maximum Gasteiger partial charge on any atom is 0.119 e. The Kier molecular flexibility index (Phi) is 4.84. The van der Waals surface area contributed by atoms with Gasteiger partial charge < -0.3 is 14.6 Å². The minimum Gasteiger partial charge on any atom is -0.497 e. The molecular weight excluding hydrogens is 322 g/mol. The van der Waals surface area contributed by atoms with E-state index in [4.69, 9.17) is 4.74 Å². The van der Waals surface area contributed by atoms with E-state index in [2.05, 4.69) is 63.4 Å². The van der Waals surface area contributed by atoms with Gasteiger partial charge in [-0.05, 0) is 59.6 Å². The van der Waals surface area contributed by atoms with Crippen LogP contribution in [0.3, 0.4) is 0 Å². The highest BCUT2D eigenvalue weighted by Crippen LogP contribution is 2.21. The Labute approximate surface area is 153 Å². The van der Waals surface area contributed by atoms with Gasteiger partial charge in [0.25, 0.3) is 0 Å². The van der Waals surface area contributed by atoms with Crippen LogP contribution in [0, 0.1) is 0 Å². The summed E-state index contributed by atoms with van der Waals surface area (Å²) in [5.41, 5.74) is 3.57. The molecule has 4 nitrogen and oxygen atoms in total. The molecule has 0 radical (unpaired) electrons. The summed E-state index contributed by atoms with van der Waals surface area (Å²) in [5.74, 6) is 0.899. The fraction of sp³-hybridized carbons (Fsp3) is 0.227. The van der Waals surface area contributed by atoms with E-state index in [-0.39, 0.29) is 0 Å². The number of rotatable bonds is 7. The molecule has 0 aliphatic heterocycles. The van der Waals surface area contributed by atoms with Crippen LogP contribution >= 0.6 is 0 Å². The molecule has 0 amide bonds. The first-order valence-electron chi connectivity index (χ1n) is 9.01. The number of imidazole rings is 1. The van der Waals surface area contributed by atoms with E-state index in [9.17, 15) is 0 Å². The molecule has 0 atom stereocenters. The normalized spacial score (nSPS) is 11.3. The number of para-hydroxylation sites is 2. The number of hydrogen-bond donors (Lipinski definition) is 1. The molecule has 4 rings (SSSR count). The topological polar surface area (TPSA) is 39.1 Å². The van der Waals surface area contributed by atoms with E-state index in [0.717, 1.165) is 37.3 Å². The molecule has 0 bridgehead atoms. The minimum atomic E-state index is 0.882. The Hall–Kier alpha value is -2.85. The highest BCUT2D eigenvalue weighted by Gasteiger charge is 2.02. The van der Waals surface area contributed by atoms with Crippen LogP contribution in [-0.4, -0.2) is 23.2 Å². The number of aromatic nitrogens is 2. The van der Waals surface area contributed by atoms with Crippen LogP contribution in [0.25, 0.3) is 21.8 Å². The van der Waals surface area contributed by atoms with Crippen molar-refractivity contribution in [2.75, 3.05) is 13.7 Å². The van der Waals surface area contributed by atoms with E-state index < -0.39 is 0 Å². The van der Waals surface area contributed by atoms with Gasteiger partial charge in [-0.25, -0.2) is 4.98 Å². The first-order valence-corrected chi connectivity index (χ1v) is 9.01. The lowest BCUT2D eigenvalue weighted by atomic mass is 10.1. The van der Waals surface area contributed by atoms with Crippen molar-refractivity contribution in [2.24, 2.45) is 0 Å². The van der Waals surface area contributed by atoms with Crippen molar-refractivity contribution in [2.45, 2.75) is 19.5 Å². The number of aryl methyl sites for hydroxylation is 1. The summed E-state index contributed by atoms with van der Waals surface area (Å²) in [7, 11) is 1.70. The second kappa shape index (κ2) is 7.58. The van der Waals surface area contributed by atoms with Crippen LogP contribution in [-0.2, 0) is 13.1 Å². The molecule has 3 aromatic carbocycles. The van der Waals surface area contributed by atoms with Gasteiger partial charge in [-0.2, -0.15) is 0 Å². The fourth-order valence-corrected chi connectivity index (χ4v) is 3.31. The average molecular weight is 345 g/mol. The van der Waals surface area contributed by atoms with Crippen LogP contribution in [0.5, 0.6) is 5.75 Å². The van der Waals surface area contributed by atoms with Crippen LogP contribution < -0.4 is 10.1 Å². The quantitative estimate of drug-likeness (QED) is 0.505. The van der Waals surface area contributed by atoms with Crippen LogP contribution in [0.1, 0.15) is 12.0 Å². The van der Waals surface area contributed by atoms with Crippen molar-refractivity contribution >= 4 is 21.8 Å². The van der Waals surface area contributed by atoms with Crippen LogP contribution in [0.2, 0.25) is 0 Å². The summed E-state index contributed by atoms with van der Waals surface area (Å²) in [5, 5.41) is 5.99. The predicted molar refractivity (Wildman–Crippen MR) is 107 cm³/mol. The molecule has 0 spiro atoms. The lowest BCUT2D eigenvalue weighted by Crippen LogP contribution is -2.16. The third kappa shape index (κ3) is 3.55. The summed E-state index contributed by atoms with van der Waals surface area (Å²) >= 11 is 0. The van der Waals surface area contributed by atoms with Gasteiger partial charge in [0.2, 0.25) is 0 Å². The maximum absolute atomic E-state index is 5.28. The zero-order valence-electron chi connectivity index (χ0n) is 15.0. The predicted octanol–water partition coefficient (Wildman–Crippen LogP) is 4.38. The van der Waals surface area contributed by atoms with Crippen molar-refractivity contribution in [3.05, 3.63) is 72.6 Å². The minimum absolute atomic E-state index is 0.882. The van der Waals surface area contributed by atoms with E-state index >= 15 is 0 Å². The lowest BCUT2D eigenvalue weighted by molar-refractivity contribution is 0.415. The summed E-state index contributed by atoms with van der Waals surface area (Å²) in [6.45, 7) is 2.84. The second-order valence-electron chi connectivity index (χ2n) is 6.50. The zero-order valence-corrected chi connectivity index (χ0v) is 15.0. The van der Waals surface area contributed by atoms with Gasteiger partial charge in [-0.3, -0.25) is 0 Å². The van der Waals surface area contributed by atoms with Gasteiger partial charge in [-0.15, -0.1) is 0 Å². The van der Waals surface area contributed by atoms with E-state index in [1.54, 1.807) is 7.11 Å². The molecule has 1 aromatic heterocycles. The van der Waals surface area contributed by atoms with E-state index in [1.165, 1.54) is 21.9 Å². The van der Waals surface area contributed by atoms with E-state index in [0.29, 0.717) is 0 Å². The Morgan fingerprint density at radius 3 is 2.77 bits per heavy atom. The van der Waals surface area contributed by atoms with Gasteiger partial charge in [0.15, 0.2) is 0 Å². The number of ether oxygens (including phenoxy) is 1. The van der Waals surface area contributed by atoms with Crippen LogP contribution in [0.15, 0.2) is 67.0 Å². The summed E-state index contributed by atoms with van der Waals surface area (Å²) in [4.78, 5) is 4.44. The number of fused-ring (bicyclic) bond motifs is 2. The molecule has 1 N–H and O–H groups in total. The monoisotopic (exact) mass is 345 g/mol. The molecule has 26 heavy (non-hydrogen) atoms. The van der Waals surface area contributed by atoms with E-state index in [1.807, 2.05) is 18.5 Å². The van der Waals surface area contributed by atoms with Gasteiger partial charge in [0.05, 0.1) is 24.5 Å². The molecule has 0 aliphatic carbocycles. The van der Waals surface area contributed by atoms with Gasteiger partial charge in [0.1, 0.15) is 5.75 Å². The molecule has 0 aliphatic rings. The molecule has 0 fully saturated rings. The molecular formula is C22H23N3O. The zero-order chi connectivity index (χ0) is 17.8. The molecule has 132 valence electrons. The summed E-state index contributed by atoms with van der Waals surface area (Å²) < 4.78 is 7.51. The molecule has 1 heterocycles. The lowest BCUT2D eigenvalue weighted by Gasteiger charge is -2.08. The van der Waals surface area contributed by atoms with Crippen molar-refractivity contribution < 1.29 is 4.74 Å². The average Bonchev–Trinajstić information content (AvgIpc) is 3.10. The number of benzene rings is 3. The van der Waals surface area contributed by atoms with Crippen molar-refractivity contribution in [1.29, 1.82) is 0 Å². The molecule has 4 aromatic rings. The van der Waals surface area contributed by atoms with Crippen molar-refractivity contribution in [1.82, 2.24) is 14.9 Å². The van der Waals surface area contributed by atoms with Gasteiger partial charge in [-0.1, -0.05) is 30.3 Å². The summed E-state index contributed by atoms with van der Waals surface area (Å²) in [6.07, 6.45) is 3.01. The van der Waals surface area contributed by atoms with Crippen molar-refractivity contribution in [3.63, 3.8) is 0 Å². The Morgan fingerprint density at radius 1 is 1.00 bits per heavy atom. The molecule has 4 heteroatoms. The largest absolute Gasteiger partial charge is 0.497 e. The SMILES string of the molecule is COc1ccc2cc(CNCCCn3cnc4ccccc43)ccc2c1. The number of hydrogen-bond acceptors (Lipinski definition) is 3. The third-order valence-electron chi connectivity index (χ3n) is 4.72. The van der Waals surface area contributed by atoms with Crippen LogP contribution in [0.4, 0.5) is 0 Å². The molecule has 0 saturated heterocycles. The fourth-order valence-electron chi connectivity index (χ4n) is 3.31. The first-order chi connectivity index (χ1) is 12.8.